The van der Waals surface area contributed by atoms with Crippen LogP contribution >= 0.6 is 0 Å². The van der Waals surface area contributed by atoms with E-state index in [2.05, 4.69) is 41.7 Å². The lowest BCUT2D eigenvalue weighted by molar-refractivity contribution is 0.251. The van der Waals surface area contributed by atoms with Gasteiger partial charge < -0.3 is 30.4 Å². The lowest BCUT2D eigenvalue weighted by Gasteiger charge is -2.33. The van der Waals surface area contributed by atoms with Crippen LogP contribution in [0.5, 0.6) is 23.0 Å². The third kappa shape index (κ3) is 9.25. The summed E-state index contributed by atoms with van der Waals surface area (Å²) in [6, 6.07) is 30.6. The van der Waals surface area contributed by atoms with Crippen molar-refractivity contribution in [3.05, 3.63) is 119 Å². The van der Waals surface area contributed by atoms with Crippen LogP contribution in [0, 0.1) is 0 Å². The molecule has 0 radical (unpaired) electrons. The van der Waals surface area contributed by atoms with Gasteiger partial charge in [-0.1, -0.05) is 92.1 Å². The first-order valence-corrected chi connectivity index (χ1v) is 16.4. The number of nitrogens with two attached hydrogens (primary N) is 1. The highest BCUT2D eigenvalue weighted by molar-refractivity contribution is 5.53. The highest BCUT2D eigenvalue weighted by atomic mass is 16.5. The predicted octanol–water partition coefficient (Wildman–Crippen LogP) is 7.70. The molecule has 4 aromatic carbocycles. The van der Waals surface area contributed by atoms with Gasteiger partial charge in [0.25, 0.3) is 0 Å². The maximum Gasteiger partial charge on any atom is 0.165 e. The molecule has 5 rings (SSSR count). The minimum absolute atomic E-state index is 0.163. The van der Waals surface area contributed by atoms with Crippen LogP contribution in [0.25, 0.3) is 0 Å². The van der Waals surface area contributed by atoms with E-state index in [0.29, 0.717) is 24.9 Å². The molecule has 6 heteroatoms. The highest BCUT2D eigenvalue weighted by Crippen LogP contribution is 2.44. The number of phenols is 1. The smallest absolute Gasteiger partial charge is 0.165 e. The van der Waals surface area contributed by atoms with Crippen molar-refractivity contribution >= 4 is 0 Å². The number of methoxy groups -OCH3 is 1. The molecule has 2 atom stereocenters. The Morgan fingerprint density at radius 3 is 2.20 bits per heavy atom. The SMILES string of the molecule is COc1cc(CCNCCCCCCC2c3ccc(OCc4ccccc4)c(OCc4ccccc4)c3CCC2N)ccc1O. The summed E-state index contributed by atoms with van der Waals surface area (Å²) in [6.07, 6.45) is 8.58. The van der Waals surface area contributed by atoms with Gasteiger partial charge in [-0.25, -0.2) is 0 Å². The van der Waals surface area contributed by atoms with E-state index in [1.165, 1.54) is 24.0 Å². The zero-order valence-corrected chi connectivity index (χ0v) is 26.5. The molecule has 45 heavy (non-hydrogen) atoms. The fourth-order valence-corrected chi connectivity index (χ4v) is 6.28. The van der Waals surface area contributed by atoms with E-state index < -0.39 is 0 Å². The number of rotatable bonds is 17. The summed E-state index contributed by atoms with van der Waals surface area (Å²) in [7, 11) is 1.58. The maximum atomic E-state index is 9.78. The Bertz CT molecular complexity index is 1460. The van der Waals surface area contributed by atoms with E-state index in [0.717, 1.165) is 79.8 Å². The zero-order chi connectivity index (χ0) is 31.3. The number of ether oxygens (including phenoxy) is 3. The Labute approximate surface area is 268 Å². The van der Waals surface area contributed by atoms with Gasteiger partial charge in [0.15, 0.2) is 23.0 Å². The number of nitrogens with one attached hydrogen (secondary N) is 1. The molecular weight excluding hydrogens is 560 g/mol. The topological polar surface area (TPSA) is 86.0 Å². The van der Waals surface area contributed by atoms with Gasteiger partial charge in [0, 0.05) is 11.6 Å². The Morgan fingerprint density at radius 1 is 0.756 bits per heavy atom. The zero-order valence-electron chi connectivity index (χ0n) is 26.5. The minimum atomic E-state index is 0.163. The van der Waals surface area contributed by atoms with Gasteiger partial charge >= 0.3 is 0 Å². The van der Waals surface area contributed by atoms with E-state index in [1.807, 2.05) is 48.5 Å². The van der Waals surface area contributed by atoms with Crippen molar-refractivity contribution in [2.24, 2.45) is 5.73 Å². The normalized spacial score (nSPS) is 15.8. The molecule has 0 aliphatic heterocycles. The Kier molecular flexibility index (Phi) is 12.2. The van der Waals surface area contributed by atoms with E-state index in [-0.39, 0.29) is 11.8 Å². The molecule has 0 spiro atoms. The van der Waals surface area contributed by atoms with Crippen molar-refractivity contribution < 1.29 is 19.3 Å². The van der Waals surface area contributed by atoms with E-state index in [9.17, 15) is 5.11 Å². The molecule has 238 valence electrons. The monoisotopic (exact) mass is 608 g/mol. The van der Waals surface area contributed by atoms with E-state index in [4.69, 9.17) is 19.9 Å². The molecule has 0 amide bonds. The number of unbranched alkanes of at least 4 members (excludes halogenated alkanes) is 3. The number of phenolic OH excluding ortho intramolecular Hbond substituents is 1. The fraction of sp³-hybridized carbons (Fsp3) is 0.385. The Balaban J connectivity index is 1.13. The van der Waals surface area contributed by atoms with Crippen LogP contribution in [0.1, 0.15) is 72.3 Å². The molecule has 1 aliphatic rings. The molecule has 4 aromatic rings. The molecule has 0 bridgehead atoms. The summed E-state index contributed by atoms with van der Waals surface area (Å²) in [6.45, 7) is 2.93. The van der Waals surface area contributed by atoms with Gasteiger partial charge in [0.2, 0.25) is 0 Å². The van der Waals surface area contributed by atoms with Crippen LogP contribution in [0.3, 0.4) is 0 Å². The fourth-order valence-electron chi connectivity index (χ4n) is 6.28. The van der Waals surface area contributed by atoms with Crippen molar-refractivity contribution in [2.75, 3.05) is 20.2 Å². The van der Waals surface area contributed by atoms with Crippen LogP contribution in [-0.2, 0) is 26.1 Å². The van der Waals surface area contributed by atoms with Crippen LogP contribution < -0.4 is 25.3 Å². The second-order valence-electron chi connectivity index (χ2n) is 12.0. The largest absolute Gasteiger partial charge is 0.504 e. The summed E-state index contributed by atoms with van der Waals surface area (Å²) in [4.78, 5) is 0. The lowest BCUT2D eigenvalue weighted by atomic mass is 9.76. The quantitative estimate of drug-likeness (QED) is 0.107. The molecular formula is C39H48N2O4. The van der Waals surface area contributed by atoms with Crippen LogP contribution in [0.4, 0.5) is 0 Å². The minimum Gasteiger partial charge on any atom is -0.504 e. The third-order valence-corrected chi connectivity index (χ3v) is 8.82. The Hall–Kier alpha value is -4.00. The summed E-state index contributed by atoms with van der Waals surface area (Å²) >= 11 is 0. The van der Waals surface area contributed by atoms with Gasteiger partial charge in [-0.3, -0.25) is 0 Å². The maximum absolute atomic E-state index is 9.78. The Morgan fingerprint density at radius 2 is 1.47 bits per heavy atom. The van der Waals surface area contributed by atoms with Gasteiger partial charge in [0.05, 0.1) is 7.11 Å². The molecule has 1 aliphatic carbocycles. The molecule has 0 saturated carbocycles. The summed E-state index contributed by atoms with van der Waals surface area (Å²) in [5.74, 6) is 2.72. The summed E-state index contributed by atoms with van der Waals surface area (Å²) in [5, 5.41) is 13.3. The van der Waals surface area contributed by atoms with Crippen LogP contribution in [0.2, 0.25) is 0 Å². The highest BCUT2D eigenvalue weighted by Gasteiger charge is 2.30. The standard InChI is InChI=1S/C39H48N2O4/c1-43-38-26-29(17-21-36(38)42)23-25-41-24-11-3-2-10-16-33-32-19-22-37(44-27-30-12-6-4-7-13-30)39(34(32)18-20-35(33)40)45-28-31-14-8-5-9-15-31/h4-9,12-15,17,19,21-22,26,33,35,41-42H,2-3,10-11,16,18,20,23-25,27-28,40H2,1H3. The first kappa shape index (κ1) is 32.4. The van der Waals surface area contributed by atoms with Crippen molar-refractivity contribution in [3.63, 3.8) is 0 Å². The summed E-state index contributed by atoms with van der Waals surface area (Å²) < 4.78 is 18.1. The van der Waals surface area contributed by atoms with Gasteiger partial charge in [-0.15, -0.1) is 0 Å². The molecule has 4 N–H and O–H groups in total. The molecule has 0 saturated heterocycles. The predicted molar refractivity (Wildman–Crippen MR) is 181 cm³/mol. The number of aromatic hydroxyl groups is 1. The first-order valence-electron chi connectivity index (χ1n) is 16.4. The van der Waals surface area contributed by atoms with Crippen molar-refractivity contribution in [3.8, 4) is 23.0 Å². The number of hydrogen-bond donors (Lipinski definition) is 3. The second kappa shape index (κ2) is 16.9. The number of benzene rings is 4. The third-order valence-electron chi connectivity index (χ3n) is 8.82. The molecule has 2 unspecified atom stereocenters. The van der Waals surface area contributed by atoms with Crippen molar-refractivity contribution in [1.82, 2.24) is 5.32 Å². The summed E-state index contributed by atoms with van der Waals surface area (Å²) in [5.41, 5.74) is 12.8. The second-order valence-corrected chi connectivity index (χ2v) is 12.0. The molecule has 0 fully saturated rings. The first-order chi connectivity index (χ1) is 22.1. The van der Waals surface area contributed by atoms with E-state index >= 15 is 0 Å². The number of hydrogen-bond acceptors (Lipinski definition) is 6. The van der Waals surface area contributed by atoms with Crippen LogP contribution in [0.15, 0.2) is 91.0 Å². The van der Waals surface area contributed by atoms with Crippen molar-refractivity contribution in [2.45, 2.75) is 76.5 Å². The molecule has 6 nitrogen and oxygen atoms in total. The molecule has 0 aromatic heterocycles. The van der Waals surface area contributed by atoms with E-state index in [1.54, 1.807) is 13.2 Å². The van der Waals surface area contributed by atoms with Crippen LogP contribution in [-0.4, -0.2) is 31.3 Å². The lowest BCUT2D eigenvalue weighted by Crippen LogP contribution is -2.33. The van der Waals surface area contributed by atoms with Gasteiger partial charge in [-0.05, 0) is 91.6 Å². The average molecular weight is 609 g/mol. The van der Waals surface area contributed by atoms with Gasteiger partial charge in [0.1, 0.15) is 13.2 Å². The number of fused-ring (bicyclic) bond motifs is 1. The van der Waals surface area contributed by atoms with Crippen molar-refractivity contribution in [1.29, 1.82) is 0 Å². The molecule has 0 heterocycles. The van der Waals surface area contributed by atoms with Gasteiger partial charge in [-0.2, -0.15) is 0 Å². The average Bonchev–Trinajstić information content (AvgIpc) is 3.08.